The van der Waals surface area contributed by atoms with Gasteiger partial charge in [-0.2, -0.15) is 0 Å². The highest BCUT2D eigenvalue weighted by Gasteiger charge is 2.27. The van der Waals surface area contributed by atoms with E-state index >= 15 is 0 Å². The maximum Gasteiger partial charge on any atom is 0.252 e. The normalized spacial score (nSPS) is 16.9. The molecular formula is C15H16N4O. The molecule has 1 aromatic heterocycles. The first kappa shape index (κ1) is 12.5. The first-order valence-electron chi connectivity index (χ1n) is 6.45. The van der Waals surface area contributed by atoms with Gasteiger partial charge in [0, 0.05) is 26.0 Å². The number of fused-ring (bicyclic) bond motifs is 1. The van der Waals surface area contributed by atoms with Crippen LogP contribution in [0, 0.1) is 0 Å². The van der Waals surface area contributed by atoms with Crippen molar-refractivity contribution in [3.8, 4) is 0 Å². The quantitative estimate of drug-likeness (QED) is 0.877. The number of anilines is 3. The molecule has 0 saturated heterocycles. The Morgan fingerprint density at radius 1 is 1.15 bits per heavy atom. The zero-order valence-electron chi connectivity index (χ0n) is 11.4. The van der Waals surface area contributed by atoms with Crippen LogP contribution in [0.4, 0.5) is 17.2 Å². The van der Waals surface area contributed by atoms with Crippen LogP contribution in [-0.2, 0) is 4.79 Å². The first-order chi connectivity index (χ1) is 9.65. The third kappa shape index (κ3) is 2.18. The van der Waals surface area contributed by atoms with Gasteiger partial charge < -0.3 is 15.5 Å². The molecule has 1 atom stereocenters. The molecule has 0 bridgehead atoms. The number of aromatic nitrogens is 1. The highest BCUT2D eigenvalue weighted by molar-refractivity contribution is 6.02. The van der Waals surface area contributed by atoms with E-state index in [1.165, 1.54) is 0 Å². The van der Waals surface area contributed by atoms with E-state index < -0.39 is 0 Å². The lowest BCUT2D eigenvalue weighted by atomic mass is 10.0. The minimum absolute atomic E-state index is 0.0891. The molecular weight excluding hydrogens is 252 g/mol. The molecule has 5 heteroatoms. The number of hydrogen-bond donors (Lipinski definition) is 2. The van der Waals surface area contributed by atoms with E-state index in [0.717, 1.165) is 16.9 Å². The maximum atomic E-state index is 12.2. The zero-order valence-corrected chi connectivity index (χ0v) is 11.4. The lowest BCUT2D eigenvalue weighted by Gasteiger charge is -2.26. The molecule has 3 rings (SSSR count). The molecule has 0 saturated carbocycles. The number of nitrogens with zero attached hydrogens (tertiary/aromatic N) is 2. The van der Waals surface area contributed by atoms with E-state index in [9.17, 15) is 4.79 Å². The van der Waals surface area contributed by atoms with Crippen molar-refractivity contribution in [3.63, 3.8) is 0 Å². The monoisotopic (exact) mass is 268 g/mol. The van der Waals surface area contributed by atoms with Crippen molar-refractivity contribution in [2.24, 2.45) is 0 Å². The predicted octanol–water partition coefficient (Wildman–Crippen LogP) is 2.25. The fourth-order valence-electron chi connectivity index (χ4n) is 2.23. The largest absolute Gasteiger partial charge is 0.378 e. The standard InChI is InChI=1S/C15H16N4O/c1-19(2)11-7-5-10(6-8-11)13-15(20)18-14-12(17-13)4-3-9-16-14/h3-9,13,17H,1-2H3,(H,16,18,20)/t13-/m0/s1. The van der Waals surface area contributed by atoms with E-state index in [4.69, 9.17) is 0 Å². The summed E-state index contributed by atoms with van der Waals surface area (Å²) in [7, 11) is 3.98. The third-order valence-corrected chi connectivity index (χ3v) is 3.35. The summed E-state index contributed by atoms with van der Waals surface area (Å²) >= 11 is 0. The first-order valence-corrected chi connectivity index (χ1v) is 6.45. The second-order valence-corrected chi connectivity index (χ2v) is 4.95. The number of amides is 1. The lowest BCUT2D eigenvalue weighted by Crippen LogP contribution is -2.32. The van der Waals surface area contributed by atoms with Gasteiger partial charge in [-0.15, -0.1) is 0 Å². The number of benzene rings is 1. The molecule has 1 amide bonds. The number of rotatable bonds is 2. The number of nitrogens with one attached hydrogen (secondary N) is 2. The van der Waals surface area contributed by atoms with Crippen LogP contribution in [0.15, 0.2) is 42.6 Å². The van der Waals surface area contributed by atoms with E-state index in [0.29, 0.717) is 5.82 Å². The summed E-state index contributed by atoms with van der Waals surface area (Å²) in [4.78, 5) is 18.3. The van der Waals surface area contributed by atoms with Gasteiger partial charge in [0.05, 0.1) is 5.69 Å². The van der Waals surface area contributed by atoms with Crippen molar-refractivity contribution in [3.05, 3.63) is 48.2 Å². The van der Waals surface area contributed by atoms with Crippen molar-refractivity contribution >= 4 is 23.1 Å². The molecule has 2 aromatic rings. The van der Waals surface area contributed by atoms with Gasteiger partial charge in [-0.05, 0) is 29.8 Å². The second-order valence-electron chi connectivity index (χ2n) is 4.95. The van der Waals surface area contributed by atoms with Crippen molar-refractivity contribution in [1.82, 2.24) is 4.98 Å². The maximum absolute atomic E-state index is 12.2. The Balaban J connectivity index is 1.89. The molecule has 5 nitrogen and oxygen atoms in total. The van der Waals surface area contributed by atoms with Gasteiger partial charge in [0.15, 0.2) is 5.82 Å². The van der Waals surface area contributed by atoms with E-state index in [2.05, 4.69) is 15.6 Å². The van der Waals surface area contributed by atoms with E-state index in [1.54, 1.807) is 6.20 Å². The Bertz CT molecular complexity index is 637. The average Bonchev–Trinajstić information content (AvgIpc) is 2.46. The van der Waals surface area contributed by atoms with Crippen molar-refractivity contribution in [2.75, 3.05) is 29.6 Å². The summed E-state index contributed by atoms with van der Waals surface area (Å²) in [5.41, 5.74) is 2.88. The Morgan fingerprint density at radius 3 is 2.60 bits per heavy atom. The summed E-state index contributed by atoms with van der Waals surface area (Å²) in [6.45, 7) is 0. The van der Waals surface area contributed by atoms with Crippen molar-refractivity contribution in [1.29, 1.82) is 0 Å². The van der Waals surface area contributed by atoms with Crippen LogP contribution in [-0.4, -0.2) is 25.0 Å². The fourth-order valence-corrected chi connectivity index (χ4v) is 2.23. The highest BCUT2D eigenvalue weighted by atomic mass is 16.2. The predicted molar refractivity (Wildman–Crippen MR) is 80.0 cm³/mol. The molecule has 1 aromatic carbocycles. The van der Waals surface area contributed by atoms with Crippen LogP contribution in [0.1, 0.15) is 11.6 Å². The SMILES string of the molecule is CN(C)c1ccc([C@@H]2Nc3cccnc3NC2=O)cc1. The van der Waals surface area contributed by atoms with Crippen LogP contribution in [0.5, 0.6) is 0 Å². The fraction of sp³-hybridized carbons (Fsp3) is 0.200. The highest BCUT2D eigenvalue weighted by Crippen LogP contribution is 2.30. The van der Waals surface area contributed by atoms with Crippen molar-refractivity contribution in [2.45, 2.75) is 6.04 Å². The second kappa shape index (κ2) is 4.85. The Labute approximate surface area is 117 Å². The Hall–Kier alpha value is -2.56. The molecule has 102 valence electrons. The topological polar surface area (TPSA) is 57.3 Å². The molecule has 20 heavy (non-hydrogen) atoms. The summed E-state index contributed by atoms with van der Waals surface area (Å²) in [5.74, 6) is 0.493. The number of carbonyl (C=O) groups is 1. The Morgan fingerprint density at radius 2 is 1.90 bits per heavy atom. The minimum atomic E-state index is -0.386. The van der Waals surface area contributed by atoms with Gasteiger partial charge in [0.2, 0.25) is 0 Å². The van der Waals surface area contributed by atoms with E-state index in [-0.39, 0.29) is 11.9 Å². The molecule has 0 radical (unpaired) electrons. The van der Waals surface area contributed by atoms with Gasteiger partial charge >= 0.3 is 0 Å². The summed E-state index contributed by atoms with van der Waals surface area (Å²) in [6.07, 6.45) is 1.66. The molecule has 0 unspecified atom stereocenters. The van der Waals surface area contributed by atoms with Crippen LogP contribution in [0.25, 0.3) is 0 Å². The average molecular weight is 268 g/mol. The van der Waals surface area contributed by atoms with E-state index in [1.807, 2.05) is 55.4 Å². The zero-order chi connectivity index (χ0) is 14.1. The molecule has 2 heterocycles. The summed E-state index contributed by atoms with van der Waals surface area (Å²) in [5, 5.41) is 6.05. The smallest absolute Gasteiger partial charge is 0.252 e. The number of carbonyl (C=O) groups excluding carboxylic acids is 1. The number of hydrogen-bond acceptors (Lipinski definition) is 4. The summed E-state index contributed by atoms with van der Waals surface area (Å²) < 4.78 is 0. The van der Waals surface area contributed by atoms with Gasteiger partial charge in [-0.3, -0.25) is 4.79 Å². The molecule has 1 aliphatic rings. The van der Waals surface area contributed by atoms with Crippen molar-refractivity contribution < 1.29 is 4.79 Å². The molecule has 0 spiro atoms. The van der Waals surface area contributed by atoms with Gasteiger partial charge in [-0.25, -0.2) is 4.98 Å². The van der Waals surface area contributed by atoms with Gasteiger partial charge in [0.25, 0.3) is 5.91 Å². The third-order valence-electron chi connectivity index (χ3n) is 3.35. The van der Waals surface area contributed by atoms with Crippen LogP contribution in [0.3, 0.4) is 0 Å². The molecule has 0 fully saturated rings. The molecule has 1 aliphatic heterocycles. The van der Waals surface area contributed by atoms with Crippen LogP contribution in [0.2, 0.25) is 0 Å². The van der Waals surface area contributed by atoms with Crippen LogP contribution < -0.4 is 15.5 Å². The van der Waals surface area contributed by atoms with Crippen LogP contribution >= 0.6 is 0 Å². The van der Waals surface area contributed by atoms with Gasteiger partial charge in [-0.1, -0.05) is 12.1 Å². The molecule has 0 aliphatic carbocycles. The minimum Gasteiger partial charge on any atom is -0.378 e. The van der Waals surface area contributed by atoms with Gasteiger partial charge in [0.1, 0.15) is 6.04 Å². The summed E-state index contributed by atoms with van der Waals surface area (Å²) in [6, 6.07) is 11.3. The molecule has 2 N–H and O–H groups in total. The number of pyridine rings is 1. The Kier molecular flexibility index (Phi) is 3.02. The lowest BCUT2D eigenvalue weighted by molar-refractivity contribution is -0.117.